The van der Waals surface area contributed by atoms with Crippen LogP contribution >= 0.6 is 0 Å². The van der Waals surface area contributed by atoms with E-state index >= 15 is 8.78 Å². The van der Waals surface area contributed by atoms with Crippen LogP contribution in [0.25, 0.3) is 11.0 Å². The molecule has 0 radical (unpaired) electrons. The second kappa shape index (κ2) is 11.2. The zero-order chi connectivity index (χ0) is 30.6. The van der Waals surface area contributed by atoms with Crippen LogP contribution < -0.4 is 24.9 Å². The van der Waals surface area contributed by atoms with E-state index in [1.807, 2.05) is 0 Å². The smallest absolute Gasteiger partial charge is 0.414 e. The molecule has 3 unspecified atom stereocenters. The van der Waals surface area contributed by atoms with Gasteiger partial charge in [-0.2, -0.15) is 0 Å². The predicted octanol–water partition coefficient (Wildman–Crippen LogP) is 2.13. The third kappa shape index (κ3) is 5.52. The molecule has 0 spiro atoms. The van der Waals surface area contributed by atoms with E-state index in [1.54, 1.807) is 33.4 Å². The van der Waals surface area contributed by atoms with E-state index < -0.39 is 58.1 Å². The van der Waals surface area contributed by atoms with Crippen LogP contribution in [0.3, 0.4) is 0 Å². The lowest BCUT2D eigenvalue weighted by Crippen LogP contribution is -2.47. The molecular formula is C27H27F2N6O7S-. The summed E-state index contributed by atoms with van der Waals surface area (Å²) in [7, 11) is 0. The van der Waals surface area contributed by atoms with Crippen LogP contribution in [0.1, 0.15) is 36.2 Å². The molecule has 4 heterocycles. The Bertz CT molecular complexity index is 1710. The van der Waals surface area contributed by atoms with Gasteiger partial charge in [0.15, 0.2) is 11.6 Å². The molecule has 0 bridgehead atoms. The third-order valence-corrected chi connectivity index (χ3v) is 8.51. The van der Waals surface area contributed by atoms with Gasteiger partial charge in [-0.25, -0.2) is 28.1 Å². The first-order valence-electron chi connectivity index (χ1n) is 13.6. The molecule has 16 heteroatoms. The van der Waals surface area contributed by atoms with Gasteiger partial charge in [-0.1, -0.05) is 0 Å². The van der Waals surface area contributed by atoms with Crippen molar-refractivity contribution in [3.63, 3.8) is 0 Å². The number of carboxylic acid groups (broad SMARTS) is 1. The number of halogens is 2. The van der Waals surface area contributed by atoms with Gasteiger partial charge < -0.3 is 28.8 Å². The van der Waals surface area contributed by atoms with Crippen molar-refractivity contribution < 1.29 is 37.0 Å². The summed E-state index contributed by atoms with van der Waals surface area (Å²) in [6.07, 6.45) is 1.41. The highest BCUT2D eigenvalue weighted by Gasteiger charge is 2.36. The van der Waals surface area contributed by atoms with E-state index in [2.05, 4.69) is 9.71 Å². The van der Waals surface area contributed by atoms with Gasteiger partial charge in [-0.15, -0.1) is 0 Å². The summed E-state index contributed by atoms with van der Waals surface area (Å²) in [5.41, 5.74) is -0.436. The minimum atomic E-state index is -2.53. The highest BCUT2D eigenvalue weighted by atomic mass is 32.2. The van der Waals surface area contributed by atoms with Crippen molar-refractivity contribution in [3.8, 4) is 0 Å². The second-order valence-corrected chi connectivity index (χ2v) is 11.5. The maximum atomic E-state index is 15.3. The molecule has 1 amide bonds. The Morgan fingerprint density at radius 3 is 2.47 bits per heavy atom. The highest BCUT2D eigenvalue weighted by Crippen LogP contribution is 2.37. The Morgan fingerprint density at radius 2 is 1.84 bits per heavy atom. The second-order valence-electron chi connectivity index (χ2n) is 10.8. The minimum Gasteiger partial charge on any atom is -0.760 e. The Balaban J connectivity index is 1.18. The summed E-state index contributed by atoms with van der Waals surface area (Å²) < 4.78 is 61.5. The van der Waals surface area contributed by atoms with Gasteiger partial charge in [0, 0.05) is 49.7 Å². The number of carboxylic acids is 1. The fourth-order valence-corrected chi connectivity index (χ4v) is 5.96. The molecule has 1 saturated carbocycles. The lowest BCUT2D eigenvalue weighted by Gasteiger charge is -2.37. The van der Waals surface area contributed by atoms with Crippen LogP contribution in [0, 0.1) is 11.6 Å². The quantitative estimate of drug-likeness (QED) is 0.359. The van der Waals surface area contributed by atoms with Crippen molar-refractivity contribution in [1.82, 2.24) is 14.3 Å². The maximum absolute atomic E-state index is 15.3. The fourth-order valence-electron chi connectivity index (χ4n) is 5.51. The number of pyridine rings is 2. The van der Waals surface area contributed by atoms with Crippen molar-refractivity contribution >= 4 is 51.6 Å². The Kier molecular flexibility index (Phi) is 7.52. The molecule has 228 valence electrons. The Labute approximate surface area is 246 Å². The van der Waals surface area contributed by atoms with Crippen LogP contribution in [-0.2, 0) is 16.0 Å². The van der Waals surface area contributed by atoms with E-state index in [0.717, 1.165) is 18.9 Å². The van der Waals surface area contributed by atoms with Gasteiger partial charge in [0.05, 0.1) is 29.3 Å². The number of aromatic nitrogens is 2. The number of hydrogen-bond donors (Lipinski definition) is 2. The zero-order valence-corrected chi connectivity index (χ0v) is 23.7. The van der Waals surface area contributed by atoms with E-state index in [4.69, 9.17) is 4.74 Å². The Morgan fingerprint density at radius 1 is 1.14 bits per heavy atom. The number of anilines is 3. The molecule has 43 heavy (non-hydrogen) atoms. The number of aromatic carboxylic acids is 1. The molecule has 1 aromatic carbocycles. The summed E-state index contributed by atoms with van der Waals surface area (Å²) >= 11 is -2.53. The van der Waals surface area contributed by atoms with Crippen LogP contribution in [0.4, 0.5) is 30.8 Å². The van der Waals surface area contributed by atoms with Crippen LogP contribution in [0.5, 0.6) is 0 Å². The first kappa shape index (κ1) is 28.9. The number of fused-ring (bicyclic) bond motifs is 1. The molecule has 2 aliphatic heterocycles. The van der Waals surface area contributed by atoms with Crippen molar-refractivity contribution in [3.05, 3.63) is 57.9 Å². The van der Waals surface area contributed by atoms with Crippen LogP contribution in [-0.4, -0.2) is 80.4 Å². The topological polar surface area (TPSA) is 160 Å². The summed E-state index contributed by atoms with van der Waals surface area (Å²) in [5.74, 6) is -2.67. The molecule has 1 aliphatic carbocycles. The summed E-state index contributed by atoms with van der Waals surface area (Å²) in [5, 5.41) is 9.36. The summed E-state index contributed by atoms with van der Waals surface area (Å²) in [6, 6.07) is 4.69. The lowest BCUT2D eigenvalue weighted by atomic mass is 10.1. The van der Waals surface area contributed by atoms with E-state index in [0.29, 0.717) is 31.9 Å². The van der Waals surface area contributed by atoms with E-state index in [9.17, 15) is 28.3 Å². The molecule has 6 rings (SSSR count). The predicted molar refractivity (Wildman–Crippen MR) is 151 cm³/mol. The van der Waals surface area contributed by atoms with Gasteiger partial charge in [-0.05, 0) is 44.0 Å². The first-order chi connectivity index (χ1) is 20.5. The molecular weight excluding hydrogens is 590 g/mol. The van der Waals surface area contributed by atoms with Gasteiger partial charge in [0.2, 0.25) is 5.43 Å². The van der Waals surface area contributed by atoms with Gasteiger partial charge in [-0.3, -0.25) is 13.9 Å². The average molecular weight is 618 g/mol. The summed E-state index contributed by atoms with van der Waals surface area (Å²) in [6.45, 7) is 2.84. The average Bonchev–Trinajstić information content (AvgIpc) is 3.73. The third-order valence-electron chi connectivity index (χ3n) is 7.95. The molecule has 3 aromatic rings. The molecule has 3 fully saturated rings. The number of nitrogens with one attached hydrogen (secondary N) is 1. The Hall–Kier alpha value is -4.15. The highest BCUT2D eigenvalue weighted by molar-refractivity contribution is 7.77. The first-order valence-corrected chi connectivity index (χ1v) is 14.7. The maximum Gasteiger partial charge on any atom is 0.414 e. The van der Waals surface area contributed by atoms with Crippen molar-refractivity contribution in [1.29, 1.82) is 0 Å². The van der Waals surface area contributed by atoms with E-state index in [1.165, 1.54) is 17.2 Å². The number of ether oxygens (including phenoxy) is 1. The van der Waals surface area contributed by atoms with Crippen molar-refractivity contribution in [2.24, 2.45) is 0 Å². The number of amides is 1. The number of nitrogens with zero attached hydrogens (tertiary/aromatic N) is 5. The number of rotatable bonds is 8. The molecule has 3 aliphatic rings. The molecule has 13 nitrogen and oxygen atoms in total. The molecule has 2 aromatic heterocycles. The van der Waals surface area contributed by atoms with Gasteiger partial charge >= 0.3 is 12.1 Å². The number of hydrogen-bond acceptors (Lipinski definition) is 9. The summed E-state index contributed by atoms with van der Waals surface area (Å²) in [4.78, 5) is 45.9. The molecule has 2 N–H and O–H groups in total. The van der Waals surface area contributed by atoms with Gasteiger partial charge in [0.25, 0.3) is 0 Å². The zero-order valence-electron chi connectivity index (χ0n) is 22.9. The fraction of sp³-hybridized carbons (Fsp3) is 0.407. The molecule has 3 atom stereocenters. The van der Waals surface area contributed by atoms with Crippen LogP contribution in [0.15, 0.2) is 35.3 Å². The standard InChI is InChI=1S/C27H28F2N6O7S/c1-14(31-43(40)41)22-13-35(27(39)42-22)16-4-5-21(19(28)10-16)32-6-8-33(9-7-32)25-20(29)11-17-23(36)18(26(37)38)12-34(15-2-3-15)24(17)30-25/h4-5,10-12,14-15,22,31H,2-3,6-9,13H2,1H3,(H,37,38)(H,40,41)/p-1. The number of benzene rings is 1. The van der Waals surface area contributed by atoms with Crippen molar-refractivity contribution in [2.75, 3.05) is 47.4 Å². The monoisotopic (exact) mass is 617 g/mol. The van der Waals surface area contributed by atoms with Crippen LogP contribution in [0.2, 0.25) is 0 Å². The number of cyclic esters (lactones) is 1. The SMILES string of the molecule is CC(NS(=O)[O-])C1CN(c2ccc(N3CCN(c4nc5c(cc4F)c(=O)c(C(=O)O)cn5C4CC4)CC3)c(F)c2)C(=O)O1. The number of piperazine rings is 1. The van der Waals surface area contributed by atoms with E-state index in [-0.39, 0.29) is 35.1 Å². The van der Waals surface area contributed by atoms with Crippen molar-refractivity contribution in [2.45, 2.75) is 38.0 Å². The largest absolute Gasteiger partial charge is 0.760 e. The van der Waals surface area contributed by atoms with Gasteiger partial charge in [0.1, 0.15) is 23.1 Å². The normalized spacial score (nSPS) is 20.4. The number of carbonyl (C=O) groups excluding carboxylic acids is 1. The minimum absolute atomic E-state index is 0.00783. The number of carbonyl (C=O) groups is 2. The lowest BCUT2D eigenvalue weighted by molar-refractivity contribution is 0.0694. The molecule has 2 saturated heterocycles.